The van der Waals surface area contributed by atoms with E-state index in [9.17, 15) is 4.79 Å². The molecule has 0 amide bonds. The Labute approximate surface area is 84.1 Å². The molecule has 3 nitrogen and oxygen atoms in total. The molecule has 1 aliphatic rings. The summed E-state index contributed by atoms with van der Waals surface area (Å²) in [7, 11) is 0. The van der Waals surface area contributed by atoms with E-state index < -0.39 is 0 Å². The zero-order valence-electron chi connectivity index (χ0n) is 8.35. The Morgan fingerprint density at radius 2 is 2.21 bits per heavy atom. The van der Waals surface area contributed by atoms with Crippen LogP contribution in [0.15, 0.2) is 12.3 Å². The molecule has 0 radical (unpaired) electrons. The van der Waals surface area contributed by atoms with E-state index in [1.54, 1.807) is 6.20 Å². The van der Waals surface area contributed by atoms with E-state index in [0.717, 1.165) is 12.0 Å². The molecular weight excluding hydrogens is 176 g/mol. The molecule has 76 valence electrons. The molecule has 14 heavy (non-hydrogen) atoms. The Hall–Kier alpha value is -1.12. The molecule has 1 saturated carbocycles. The highest BCUT2D eigenvalue weighted by molar-refractivity contribution is 5.53. The summed E-state index contributed by atoms with van der Waals surface area (Å²) >= 11 is 0. The fraction of sp³-hybridized carbons (Fsp3) is 0.636. The van der Waals surface area contributed by atoms with Crippen LogP contribution in [0.1, 0.15) is 43.8 Å². The second kappa shape index (κ2) is 4.40. The van der Waals surface area contributed by atoms with Gasteiger partial charge in [-0.3, -0.25) is 4.68 Å². The van der Waals surface area contributed by atoms with Gasteiger partial charge in [-0.25, -0.2) is 0 Å². The van der Waals surface area contributed by atoms with Crippen LogP contribution in [-0.4, -0.2) is 16.1 Å². The maximum absolute atomic E-state index is 10.5. The largest absolute Gasteiger partial charge is 0.303 e. The standard InChI is InChI=1S/C11H16N2O/c14-9-7-11-6-8-12-13(11)10-4-2-1-3-5-10/h6,8-10H,1-5,7H2. The van der Waals surface area contributed by atoms with Gasteiger partial charge in [0, 0.05) is 18.3 Å². The van der Waals surface area contributed by atoms with Gasteiger partial charge in [0.15, 0.2) is 0 Å². The molecule has 0 spiro atoms. The first kappa shape index (κ1) is 9.44. The summed E-state index contributed by atoms with van der Waals surface area (Å²) in [6.07, 6.45) is 9.62. The van der Waals surface area contributed by atoms with E-state index in [1.165, 1.54) is 32.1 Å². The minimum atomic E-state index is 0.497. The number of aldehydes is 1. The molecule has 0 bridgehead atoms. The lowest BCUT2D eigenvalue weighted by Crippen LogP contribution is -2.16. The van der Waals surface area contributed by atoms with Crippen molar-refractivity contribution in [2.45, 2.75) is 44.6 Å². The molecule has 1 fully saturated rings. The zero-order chi connectivity index (χ0) is 9.80. The Morgan fingerprint density at radius 1 is 1.43 bits per heavy atom. The van der Waals surface area contributed by atoms with Gasteiger partial charge in [-0.05, 0) is 18.9 Å². The number of carbonyl (C=O) groups is 1. The Kier molecular flexibility index (Phi) is 2.96. The van der Waals surface area contributed by atoms with Crippen LogP contribution in [0.3, 0.4) is 0 Å². The van der Waals surface area contributed by atoms with Crippen LogP contribution in [-0.2, 0) is 11.2 Å². The van der Waals surface area contributed by atoms with Crippen LogP contribution in [0.2, 0.25) is 0 Å². The predicted octanol–water partition coefficient (Wildman–Crippen LogP) is 2.13. The molecule has 3 heteroatoms. The van der Waals surface area contributed by atoms with Gasteiger partial charge < -0.3 is 4.79 Å². The predicted molar refractivity (Wildman–Crippen MR) is 54.1 cm³/mol. The SMILES string of the molecule is O=CCc1ccnn1C1CCCCC1. The van der Waals surface area contributed by atoms with E-state index in [1.807, 2.05) is 10.7 Å². The molecule has 1 aliphatic carbocycles. The van der Waals surface area contributed by atoms with Gasteiger partial charge in [-0.15, -0.1) is 0 Å². The van der Waals surface area contributed by atoms with Gasteiger partial charge >= 0.3 is 0 Å². The molecule has 0 aromatic carbocycles. The van der Waals surface area contributed by atoms with Crippen molar-refractivity contribution in [1.82, 2.24) is 9.78 Å². The van der Waals surface area contributed by atoms with Gasteiger partial charge in [0.05, 0.1) is 6.04 Å². The third kappa shape index (κ3) is 1.86. The van der Waals surface area contributed by atoms with E-state index in [4.69, 9.17) is 0 Å². The second-order valence-corrected chi connectivity index (χ2v) is 3.93. The van der Waals surface area contributed by atoms with Crippen LogP contribution in [0.4, 0.5) is 0 Å². The molecule has 1 heterocycles. The highest BCUT2D eigenvalue weighted by atomic mass is 16.1. The molecule has 1 aromatic heterocycles. The third-order valence-electron chi connectivity index (χ3n) is 2.97. The van der Waals surface area contributed by atoms with Crippen LogP contribution in [0, 0.1) is 0 Å². The lowest BCUT2D eigenvalue weighted by atomic mass is 9.95. The van der Waals surface area contributed by atoms with E-state index >= 15 is 0 Å². The molecule has 0 unspecified atom stereocenters. The molecule has 0 N–H and O–H groups in total. The van der Waals surface area contributed by atoms with Crippen molar-refractivity contribution < 1.29 is 4.79 Å². The average molecular weight is 192 g/mol. The zero-order valence-corrected chi connectivity index (χ0v) is 8.35. The van der Waals surface area contributed by atoms with Crippen molar-refractivity contribution in [1.29, 1.82) is 0 Å². The van der Waals surface area contributed by atoms with E-state index in [-0.39, 0.29) is 0 Å². The first-order chi connectivity index (χ1) is 6.92. The monoisotopic (exact) mass is 192 g/mol. The molecule has 0 aliphatic heterocycles. The number of rotatable bonds is 3. The number of aromatic nitrogens is 2. The first-order valence-corrected chi connectivity index (χ1v) is 5.38. The third-order valence-corrected chi connectivity index (χ3v) is 2.97. The van der Waals surface area contributed by atoms with Crippen molar-refractivity contribution >= 4 is 6.29 Å². The summed E-state index contributed by atoms with van der Waals surface area (Å²) in [5.41, 5.74) is 1.06. The molecule has 2 rings (SSSR count). The van der Waals surface area contributed by atoms with Crippen molar-refractivity contribution in [2.75, 3.05) is 0 Å². The van der Waals surface area contributed by atoms with Gasteiger partial charge in [0.25, 0.3) is 0 Å². The number of hydrogen-bond donors (Lipinski definition) is 0. The molecular formula is C11H16N2O. The van der Waals surface area contributed by atoms with Gasteiger partial charge in [0.1, 0.15) is 6.29 Å². The van der Waals surface area contributed by atoms with Crippen LogP contribution >= 0.6 is 0 Å². The Balaban J connectivity index is 2.12. The molecule has 1 aromatic rings. The lowest BCUT2D eigenvalue weighted by Gasteiger charge is -2.23. The Bertz CT molecular complexity index is 300. The number of nitrogens with zero attached hydrogens (tertiary/aromatic N) is 2. The minimum absolute atomic E-state index is 0.497. The summed E-state index contributed by atoms with van der Waals surface area (Å²) in [5, 5.41) is 4.32. The Morgan fingerprint density at radius 3 is 2.93 bits per heavy atom. The lowest BCUT2D eigenvalue weighted by molar-refractivity contribution is -0.107. The summed E-state index contributed by atoms with van der Waals surface area (Å²) in [5.74, 6) is 0. The summed E-state index contributed by atoms with van der Waals surface area (Å²) in [6.45, 7) is 0. The summed E-state index contributed by atoms with van der Waals surface area (Å²) in [4.78, 5) is 10.5. The molecule has 0 saturated heterocycles. The fourth-order valence-electron chi connectivity index (χ4n) is 2.24. The van der Waals surface area contributed by atoms with Crippen LogP contribution in [0.5, 0.6) is 0 Å². The topological polar surface area (TPSA) is 34.9 Å². The molecule has 0 atom stereocenters. The van der Waals surface area contributed by atoms with Crippen molar-refractivity contribution in [3.05, 3.63) is 18.0 Å². The first-order valence-electron chi connectivity index (χ1n) is 5.38. The maximum atomic E-state index is 10.5. The summed E-state index contributed by atoms with van der Waals surface area (Å²) < 4.78 is 2.05. The van der Waals surface area contributed by atoms with Crippen molar-refractivity contribution in [2.24, 2.45) is 0 Å². The van der Waals surface area contributed by atoms with Crippen LogP contribution < -0.4 is 0 Å². The van der Waals surface area contributed by atoms with Gasteiger partial charge in [0.2, 0.25) is 0 Å². The van der Waals surface area contributed by atoms with Crippen LogP contribution in [0.25, 0.3) is 0 Å². The van der Waals surface area contributed by atoms with E-state index in [2.05, 4.69) is 5.10 Å². The minimum Gasteiger partial charge on any atom is -0.303 e. The van der Waals surface area contributed by atoms with E-state index in [0.29, 0.717) is 12.5 Å². The average Bonchev–Trinajstić information content (AvgIpc) is 2.68. The highest BCUT2D eigenvalue weighted by Gasteiger charge is 2.17. The number of hydrogen-bond acceptors (Lipinski definition) is 2. The second-order valence-electron chi connectivity index (χ2n) is 3.93. The normalized spacial score (nSPS) is 18.3. The number of carbonyl (C=O) groups excluding carboxylic acids is 1. The van der Waals surface area contributed by atoms with Gasteiger partial charge in [-0.1, -0.05) is 19.3 Å². The van der Waals surface area contributed by atoms with Gasteiger partial charge in [-0.2, -0.15) is 5.10 Å². The smallest absolute Gasteiger partial charge is 0.125 e. The fourth-order valence-corrected chi connectivity index (χ4v) is 2.24. The van der Waals surface area contributed by atoms with Crippen molar-refractivity contribution in [3.8, 4) is 0 Å². The summed E-state index contributed by atoms with van der Waals surface area (Å²) in [6, 6.07) is 2.48. The van der Waals surface area contributed by atoms with Crippen molar-refractivity contribution in [3.63, 3.8) is 0 Å². The quantitative estimate of drug-likeness (QED) is 0.688. The maximum Gasteiger partial charge on any atom is 0.125 e. The highest BCUT2D eigenvalue weighted by Crippen LogP contribution is 2.28.